The second-order valence-electron chi connectivity index (χ2n) is 10.7. The van der Waals surface area contributed by atoms with E-state index in [0.29, 0.717) is 10.9 Å². The molecule has 1 saturated carbocycles. The molecule has 0 spiro atoms. The van der Waals surface area contributed by atoms with Gasteiger partial charge in [0.15, 0.2) is 0 Å². The smallest absolute Gasteiger partial charge is 0.408 e. The van der Waals surface area contributed by atoms with Gasteiger partial charge in [-0.05, 0) is 69.6 Å². The molecule has 180 valence electrons. The number of halogens is 1. The van der Waals surface area contributed by atoms with Gasteiger partial charge in [-0.1, -0.05) is 64.3 Å². The minimum absolute atomic E-state index is 0.0167. The Morgan fingerprint density at radius 3 is 2.12 bits per heavy atom. The molecule has 6 heteroatoms. The first-order valence-corrected chi connectivity index (χ1v) is 12.3. The number of carbonyl (C=O) groups is 2. The maximum absolute atomic E-state index is 13.5. The number of amides is 2. The van der Waals surface area contributed by atoms with Crippen molar-refractivity contribution in [1.82, 2.24) is 10.6 Å². The Bertz CT molecular complexity index is 766. The van der Waals surface area contributed by atoms with E-state index in [9.17, 15) is 9.59 Å². The van der Waals surface area contributed by atoms with Gasteiger partial charge < -0.3 is 15.4 Å². The number of hydrogen-bond donors (Lipinski definition) is 2. The van der Waals surface area contributed by atoms with Crippen molar-refractivity contribution in [2.45, 2.75) is 104 Å². The highest BCUT2D eigenvalue weighted by Gasteiger charge is 2.47. The van der Waals surface area contributed by atoms with E-state index in [1.165, 1.54) is 5.56 Å². The van der Waals surface area contributed by atoms with E-state index in [4.69, 9.17) is 16.3 Å². The number of rotatable bonds is 9. The van der Waals surface area contributed by atoms with Crippen molar-refractivity contribution in [3.63, 3.8) is 0 Å². The first-order chi connectivity index (χ1) is 14.9. The third-order valence-corrected chi connectivity index (χ3v) is 6.78. The van der Waals surface area contributed by atoms with Gasteiger partial charge in [0, 0.05) is 16.5 Å². The molecule has 0 radical (unpaired) electrons. The van der Waals surface area contributed by atoms with E-state index in [-0.39, 0.29) is 23.3 Å². The standard InChI is InChI=1S/C26H41ClN2O3/c1-8-18(4)22(29-24(31)32-25(5,6)7)23(30)28-21(16-17(2)3)26(14-9-15-26)19-10-12-20(27)13-11-19/h10-13,17-18,21-22H,8-9,14-16H2,1-7H3,(H,28,30)(H,29,31)/t18?,21-,22?/m0/s1. The SMILES string of the molecule is CCC(C)C(NC(=O)OC(C)(C)C)C(=O)N[C@@H](CC(C)C)C1(c2ccc(Cl)cc2)CCC1. The summed E-state index contributed by atoms with van der Waals surface area (Å²) in [5, 5.41) is 6.89. The zero-order valence-electron chi connectivity index (χ0n) is 20.8. The average Bonchev–Trinajstić information content (AvgIpc) is 2.64. The molecule has 3 atom stereocenters. The van der Waals surface area contributed by atoms with Crippen LogP contribution in [0.4, 0.5) is 4.79 Å². The Kier molecular flexibility index (Phi) is 9.04. The van der Waals surface area contributed by atoms with E-state index in [1.807, 2.05) is 46.8 Å². The lowest BCUT2D eigenvalue weighted by atomic mass is 9.58. The lowest BCUT2D eigenvalue weighted by molar-refractivity contribution is -0.126. The van der Waals surface area contributed by atoms with Crippen LogP contribution in [0, 0.1) is 11.8 Å². The summed E-state index contributed by atoms with van der Waals surface area (Å²) in [6.45, 7) is 13.8. The molecule has 0 heterocycles. The molecule has 2 unspecified atom stereocenters. The van der Waals surface area contributed by atoms with E-state index < -0.39 is 17.7 Å². The van der Waals surface area contributed by atoms with Crippen molar-refractivity contribution in [2.75, 3.05) is 0 Å². The summed E-state index contributed by atoms with van der Waals surface area (Å²) in [6, 6.07) is 7.37. The number of hydrogen-bond acceptors (Lipinski definition) is 3. The molecule has 1 aliphatic rings. The van der Waals surface area contributed by atoms with Crippen LogP contribution in [0.25, 0.3) is 0 Å². The summed E-state index contributed by atoms with van der Waals surface area (Å²) in [7, 11) is 0. The number of nitrogens with one attached hydrogen (secondary N) is 2. The molecule has 0 saturated heterocycles. The highest BCUT2D eigenvalue weighted by atomic mass is 35.5. The Morgan fingerprint density at radius 1 is 1.09 bits per heavy atom. The van der Waals surface area contributed by atoms with Crippen LogP contribution in [0.3, 0.4) is 0 Å². The molecule has 0 aliphatic heterocycles. The van der Waals surface area contributed by atoms with Gasteiger partial charge in [-0.2, -0.15) is 0 Å². The molecular formula is C26H41ClN2O3. The fourth-order valence-electron chi connectivity index (χ4n) is 4.47. The number of benzene rings is 1. The van der Waals surface area contributed by atoms with Gasteiger partial charge in [0.25, 0.3) is 0 Å². The van der Waals surface area contributed by atoms with Gasteiger partial charge in [-0.15, -0.1) is 0 Å². The fraction of sp³-hybridized carbons (Fsp3) is 0.692. The van der Waals surface area contributed by atoms with Gasteiger partial charge in [0.05, 0.1) is 0 Å². The van der Waals surface area contributed by atoms with Crippen molar-refractivity contribution >= 4 is 23.6 Å². The van der Waals surface area contributed by atoms with Crippen LogP contribution >= 0.6 is 11.6 Å². The third-order valence-electron chi connectivity index (χ3n) is 6.52. The highest BCUT2D eigenvalue weighted by molar-refractivity contribution is 6.30. The van der Waals surface area contributed by atoms with Gasteiger partial charge in [0.1, 0.15) is 11.6 Å². The van der Waals surface area contributed by atoms with Crippen LogP contribution in [0.2, 0.25) is 5.02 Å². The Hall–Kier alpha value is -1.75. The minimum Gasteiger partial charge on any atom is -0.444 e. The molecule has 0 bridgehead atoms. The van der Waals surface area contributed by atoms with Crippen molar-refractivity contribution in [1.29, 1.82) is 0 Å². The normalized spacial score (nSPS) is 18.3. The number of carbonyl (C=O) groups excluding carboxylic acids is 2. The molecule has 1 aliphatic carbocycles. The maximum Gasteiger partial charge on any atom is 0.408 e. The molecule has 1 aromatic rings. The zero-order valence-corrected chi connectivity index (χ0v) is 21.5. The molecule has 2 rings (SSSR count). The Labute approximate surface area is 199 Å². The van der Waals surface area contributed by atoms with E-state index in [1.54, 1.807) is 0 Å². The summed E-state index contributed by atoms with van der Waals surface area (Å²) in [6.07, 6.45) is 4.27. The third kappa shape index (κ3) is 6.87. The van der Waals surface area contributed by atoms with Crippen LogP contribution in [-0.4, -0.2) is 29.7 Å². The van der Waals surface area contributed by atoms with Crippen LogP contribution in [0.1, 0.15) is 86.1 Å². The fourth-order valence-corrected chi connectivity index (χ4v) is 4.60. The van der Waals surface area contributed by atoms with Crippen molar-refractivity contribution in [2.24, 2.45) is 11.8 Å². The molecule has 1 aromatic carbocycles. The Morgan fingerprint density at radius 2 is 1.69 bits per heavy atom. The summed E-state index contributed by atoms with van der Waals surface area (Å²) < 4.78 is 5.42. The first kappa shape index (κ1) is 26.5. The molecule has 32 heavy (non-hydrogen) atoms. The first-order valence-electron chi connectivity index (χ1n) is 11.9. The van der Waals surface area contributed by atoms with Crippen LogP contribution in [0.5, 0.6) is 0 Å². The van der Waals surface area contributed by atoms with E-state index in [0.717, 1.165) is 32.1 Å². The van der Waals surface area contributed by atoms with Crippen LogP contribution in [0.15, 0.2) is 24.3 Å². The zero-order chi connectivity index (χ0) is 24.1. The minimum atomic E-state index is -0.646. The number of alkyl carbamates (subject to hydrolysis) is 1. The van der Waals surface area contributed by atoms with Crippen LogP contribution in [-0.2, 0) is 14.9 Å². The lowest BCUT2D eigenvalue weighted by Crippen LogP contribution is -2.59. The topological polar surface area (TPSA) is 67.4 Å². The molecule has 2 amide bonds. The second-order valence-corrected chi connectivity index (χ2v) is 11.2. The van der Waals surface area contributed by atoms with Gasteiger partial charge in [-0.25, -0.2) is 4.79 Å². The van der Waals surface area contributed by atoms with Gasteiger partial charge in [0.2, 0.25) is 5.91 Å². The lowest BCUT2D eigenvalue weighted by Gasteiger charge is -2.49. The Balaban J connectivity index is 2.27. The highest BCUT2D eigenvalue weighted by Crippen LogP contribution is 2.48. The van der Waals surface area contributed by atoms with Crippen molar-refractivity contribution in [3.05, 3.63) is 34.9 Å². The molecule has 5 nitrogen and oxygen atoms in total. The van der Waals surface area contributed by atoms with Gasteiger partial charge >= 0.3 is 6.09 Å². The van der Waals surface area contributed by atoms with E-state index >= 15 is 0 Å². The summed E-state index contributed by atoms with van der Waals surface area (Å²) in [5.74, 6) is 0.261. The largest absolute Gasteiger partial charge is 0.444 e. The molecule has 2 N–H and O–H groups in total. The summed E-state index contributed by atoms with van der Waals surface area (Å²) in [5.41, 5.74) is 0.501. The predicted molar refractivity (Wildman–Crippen MR) is 131 cm³/mol. The average molecular weight is 465 g/mol. The molecular weight excluding hydrogens is 424 g/mol. The maximum atomic E-state index is 13.5. The van der Waals surface area contributed by atoms with Crippen molar-refractivity contribution < 1.29 is 14.3 Å². The number of ether oxygens (including phenoxy) is 1. The van der Waals surface area contributed by atoms with Crippen molar-refractivity contribution in [3.8, 4) is 0 Å². The van der Waals surface area contributed by atoms with Gasteiger partial charge in [-0.3, -0.25) is 4.79 Å². The summed E-state index contributed by atoms with van der Waals surface area (Å²) >= 11 is 6.14. The van der Waals surface area contributed by atoms with Crippen LogP contribution < -0.4 is 10.6 Å². The quantitative estimate of drug-likeness (QED) is 0.455. The summed E-state index contributed by atoms with van der Waals surface area (Å²) in [4.78, 5) is 26.0. The molecule has 1 fully saturated rings. The second kappa shape index (κ2) is 10.9. The monoisotopic (exact) mass is 464 g/mol. The van der Waals surface area contributed by atoms with E-state index in [2.05, 4.69) is 36.6 Å². The predicted octanol–water partition coefficient (Wildman–Crippen LogP) is 6.23. The molecule has 0 aromatic heterocycles.